The number of nitrogens with zero attached hydrogens (tertiary/aromatic N) is 4. The summed E-state index contributed by atoms with van der Waals surface area (Å²) in [5.41, 5.74) is 2.37. The minimum atomic E-state index is -0.343. The maximum absolute atomic E-state index is 13.4. The summed E-state index contributed by atoms with van der Waals surface area (Å²) in [4.78, 5) is 38.0. The van der Waals surface area contributed by atoms with E-state index in [1.807, 2.05) is 30.3 Å². The van der Waals surface area contributed by atoms with E-state index in [1.165, 1.54) is 4.90 Å². The number of para-hydroxylation sites is 1. The van der Waals surface area contributed by atoms with Crippen LogP contribution in [-0.4, -0.2) is 40.1 Å². The Morgan fingerprint density at radius 2 is 1.91 bits per heavy atom. The van der Waals surface area contributed by atoms with E-state index in [0.717, 1.165) is 23.3 Å². The summed E-state index contributed by atoms with van der Waals surface area (Å²) in [7, 11) is 0. The molecule has 0 spiro atoms. The molecule has 0 radical (unpaired) electrons. The Hall–Kier alpha value is -3.73. The van der Waals surface area contributed by atoms with Crippen LogP contribution in [0, 0.1) is 40.9 Å². The lowest BCUT2D eigenvalue weighted by atomic mass is 9.71. The van der Waals surface area contributed by atoms with Crippen LogP contribution < -0.4 is 4.74 Å². The second-order valence-corrected chi connectivity index (χ2v) is 8.75. The van der Waals surface area contributed by atoms with E-state index in [2.05, 4.69) is 10.1 Å². The van der Waals surface area contributed by atoms with Gasteiger partial charge in [0.15, 0.2) is 6.61 Å². The molecular formula is C24H20N4O4. The third-order valence-corrected chi connectivity index (χ3v) is 7.30. The topological polar surface area (TPSA) is 105 Å². The van der Waals surface area contributed by atoms with Crippen LogP contribution in [0.1, 0.15) is 17.5 Å². The monoisotopic (exact) mass is 428 g/mol. The van der Waals surface area contributed by atoms with Crippen LogP contribution in [0.3, 0.4) is 0 Å². The van der Waals surface area contributed by atoms with E-state index in [-0.39, 0.29) is 60.7 Å². The maximum atomic E-state index is 13.4. The lowest BCUT2D eigenvalue weighted by Crippen LogP contribution is -2.41. The van der Waals surface area contributed by atoms with Gasteiger partial charge in [-0.05, 0) is 36.1 Å². The number of rotatable bonds is 5. The van der Waals surface area contributed by atoms with Gasteiger partial charge in [-0.3, -0.25) is 19.5 Å². The third kappa shape index (κ3) is 2.60. The number of hydrogen-bond acceptors (Lipinski definition) is 7. The zero-order valence-electron chi connectivity index (χ0n) is 17.1. The van der Waals surface area contributed by atoms with Crippen LogP contribution in [-0.2, 0) is 21.0 Å². The molecule has 2 bridgehead atoms. The van der Waals surface area contributed by atoms with Crippen molar-refractivity contribution in [3.63, 3.8) is 0 Å². The second kappa shape index (κ2) is 7.16. The molecule has 2 aliphatic heterocycles. The molecule has 32 heavy (non-hydrogen) atoms. The molecular weight excluding hydrogens is 408 g/mol. The van der Waals surface area contributed by atoms with E-state index in [4.69, 9.17) is 14.8 Å². The molecule has 2 aromatic rings. The molecule has 2 aliphatic carbocycles. The van der Waals surface area contributed by atoms with Crippen LogP contribution >= 0.6 is 0 Å². The number of likely N-dealkylation sites (tertiary alicyclic amines) is 1. The number of pyridine rings is 1. The number of amides is 2. The minimum absolute atomic E-state index is 0.00405. The maximum Gasteiger partial charge on any atom is 0.233 e. The quantitative estimate of drug-likeness (QED) is 0.676. The van der Waals surface area contributed by atoms with Gasteiger partial charge in [0.1, 0.15) is 17.9 Å². The lowest BCUT2D eigenvalue weighted by molar-refractivity contribution is -0.141. The van der Waals surface area contributed by atoms with Crippen molar-refractivity contribution in [3.8, 4) is 11.8 Å². The van der Waals surface area contributed by atoms with Crippen molar-refractivity contribution in [1.82, 2.24) is 9.88 Å². The molecule has 3 heterocycles. The SMILES string of the molecule is N#CCOc1ccccc1C1=NOC2C3CC(C12)C1C(=O)N(Cc2cccnc2)C(=O)C31. The average molecular weight is 428 g/mol. The first-order chi connectivity index (χ1) is 15.7. The number of imide groups is 1. The first-order valence-electron chi connectivity index (χ1n) is 10.8. The molecule has 2 amide bonds. The molecule has 8 nitrogen and oxygen atoms in total. The summed E-state index contributed by atoms with van der Waals surface area (Å²) in [5.74, 6) is -0.421. The third-order valence-electron chi connectivity index (χ3n) is 7.30. The Bertz CT molecular complexity index is 1170. The van der Waals surface area contributed by atoms with Gasteiger partial charge in [-0.2, -0.15) is 5.26 Å². The highest BCUT2D eigenvalue weighted by molar-refractivity contribution is 6.09. The lowest BCUT2D eigenvalue weighted by Gasteiger charge is -2.30. The zero-order chi connectivity index (χ0) is 21.8. The van der Waals surface area contributed by atoms with Gasteiger partial charge >= 0.3 is 0 Å². The fraction of sp³-hybridized carbons (Fsp3) is 0.375. The number of ether oxygens (including phenoxy) is 1. The standard InChI is InChI=1S/C24H20N4O4/c25-7-9-31-17-6-2-1-5-14(17)21-20-15-10-16(22(20)32-27-21)19-18(15)23(29)28(24(19)30)12-13-4-3-8-26-11-13/h1-6,8,11,15-16,18-20,22H,9-10,12H2. The number of oxime groups is 1. The molecule has 6 unspecified atom stereocenters. The molecule has 8 heteroatoms. The van der Waals surface area contributed by atoms with Gasteiger partial charge in [0.25, 0.3) is 0 Å². The summed E-state index contributed by atoms with van der Waals surface area (Å²) in [5, 5.41) is 13.3. The summed E-state index contributed by atoms with van der Waals surface area (Å²) >= 11 is 0. The Morgan fingerprint density at radius 3 is 2.69 bits per heavy atom. The molecule has 0 N–H and O–H groups in total. The highest BCUT2D eigenvalue weighted by Crippen LogP contribution is 2.62. The Balaban J connectivity index is 1.30. The van der Waals surface area contributed by atoms with Crippen molar-refractivity contribution in [2.75, 3.05) is 6.61 Å². The number of hydrogen-bond donors (Lipinski definition) is 0. The van der Waals surface area contributed by atoms with Crippen LogP contribution in [0.25, 0.3) is 0 Å². The van der Waals surface area contributed by atoms with Gasteiger partial charge in [0.2, 0.25) is 11.8 Å². The molecule has 2 saturated carbocycles. The number of benzene rings is 1. The normalized spacial score (nSPS) is 31.7. The number of fused-ring (bicyclic) bond motifs is 8. The second-order valence-electron chi connectivity index (χ2n) is 8.75. The molecule has 1 aromatic heterocycles. The largest absolute Gasteiger partial charge is 0.478 e. The molecule has 4 aliphatic rings. The van der Waals surface area contributed by atoms with Gasteiger partial charge in [-0.1, -0.05) is 23.4 Å². The van der Waals surface area contributed by atoms with Crippen molar-refractivity contribution < 1.29 is 19.2 Å². The smallest absolute Gasteiger partial charge is 0.233 e. The van der Waals surface area contributed by atoms with Gasteiger partial charge in [0.05, 0.1) is 24.1 Å². The van der Waals surface area contributed by atoms with Gasteiger partial charge < -0.3 is 9.57 Å². The highest BCUT2D eigenvalue weighted by atomic mass is 16.6. The Labute approximate surface area is 184 Å². The van der Waals surface area contributed by atoms with Crippen molar-refractivity contribution in [3.05, 3.63) is 59.9 Å². The van der Waals surface area contributed by atoms with Crippen molar-refractivity contribution in [1.29, 1.82) is 5.26 Å². The molecule has 6 rings (SSSR count). The van der Waals surface area contributed by atoms with Crippen molar-refractivity contribution >= 4 is 17.5 Å². The first-order valence-corrected chi connectivity index (χ1v) is 10.8. The summed E-state index contributed by atoms with van der Waals surface area (Å²) in [6.45, 7) is 0.187. The van der Waals surface area contributed by atoms with E-state index < -0.39 is 0 Å². The van der Waals surface area contributed by atoms with Gasteiger partial charge in [-0.25, -0.2) is 0 Å². The van der Waals surface area contributed by atoms with Crippen LogP contribution in [0.2, 0.25) is 0 Å². The van der Waals surface area contributed by atoms with E-state index in [0.29, 0.717) is 5.75 Å². The molecule has 1 saturated heterocycles. The predicted molar refractivity (Wildman–Crippen MR) is 111 cm³/mol. The Kier molecular flexibility index (Phi) is 4.25. The molecule has 6 atom stereocenters. The van der Waals surface area contributed by atoms with Gasteiger partial charge in [-0.15, -0.1) is 0 Å². The molecule has 3 fully saturated rings. The van der Waals surface area contributed by atoms with Crippen LogP contribution in [0.15, 0.2) is 53.9 Å². The van der Waals surface area contributed by atoms with Crippen molar-refractivity contribution in [2.45, 2.75) is 19.1 Å². The molecule has 1 aromatic carbocycles. The Morgan fingerprint density at radius 1 is 1.09 bits per heavy atom. The predicted octanol–water partition coefficient (Wildman–Crippen LogP) is 2.15. The summed E-state index contributed by atoms with van der Waals surface area (Å²) < 4.78 is 5.60. The van der Waals surface area contributed by atoms with E-state index in [1.54, 1.807) is 24.5 Å². The minimum Gasteiger partial charge on any atom is -0.478 e. The number of carbonyl (C=O) groups is 2. The zero-order valence-corrected chi connectivity index (χ0v) is 17.1. The summed E-state index contributed by atoms with van der Waals surface area (Å²) in [6, 6.07) is 13.1. The van der Waals surface area contributed by atoms with E-state index >= 15 is 0 Å². The number of aromatic nitrogens is 1. The average Bonchev–Trinajstić information content (AvgIpc) is 3.56. The molecule has 160 valence electrons. The summed E-state index contributed by atoms with van der Waals surface area (Å²) in [6.07, 6.45) is 3.92. The van der Waals surface area contributed by atoms with Crippen molar-refractivity contribution in [2.24, 2.45) is 34.7 Å². The van der Waals surface area contributed by atoms with Crippen LogP contribution in [0.4, 0.5) is 0 Å². The van der Waals surface area contributed by atoms with E-state index in [9.17, 15) is 9.59 Å². The van der Waals surface area contributed by atoms with Gasteiger partial charge in [0, 0.05) is 29.8 Å². The number of nitriles is 1. The number of carbonyl (C=O) groups excluding carboxylic acids is 2. The van der Waals surface area contributed by atoms with Crippen LogP contribution in [0.5, 0.6) is 5.75 Å². The fourth-order valence-electron chi connectivity index (χ4n) is 6.15. The fourth-order valence-corrected chi connectivity index (χ4v) is 6.15. The first kappa shape index (κ1) is 19.0. The highest BCUT2D eigenvalue weighted by Gasteiger charge is 2.70.